The molecule has 1 aliphatic rings. The van der Waals surface area contributed by atoms with Gasteiger partial charge >= 0.3 is 18.3 Å². The molecule has 0 unspecified atom stereocenters. The second kappa shape index (κ2) is 8.00. The summed E-state index contributed by atoms with van der Waals surface area (Å²) in [5, 5.41) is 0. The smallest absolute Gasteiger partial charge is 0.419 e. The van der Waals surface area contributed by atoms with E-state index >= 15 is 0 Å². The maximum absolute atomic E-state index is 13.3. The molecular weight excluding hydrogens is 403 g/mol. The number of methoxy groups -OCH3 is 1. The van der Waals surface area contributed by atoms with Gasteiger partial charge in [-0.2, -0.15) is 23.1 Å². The highest BCUT2D eigenvalue weighted by Gasteiger charge is 2.35. The fourth-order valence-electron chi connectivity index (χ4n) is 2.93. The Bertz CT molecular complexity index is 942. The molecule has 2 heterocycles. The fourth-order valence-corrected chi connectivity index (χ4v) is 2.93. The zero-order valence-electron chi connectivity index (χ0n) is 17.0. The molecule has 162 valence electrons. The summed E-state index contributed by atoms with van der Waals surface area (Å²) in [6.07, 6.45) is -4.79. The number of fused-ring (bicyclic) bond motifs is 1. The lowest BCUT2D eigenvalue weighted by Gasteiger charge is -2.31. The molecule has 1 aromatic heterocycles. The number of alkyl halides is 3. The Morgan fingerprint density at radius 3 is 2.47 bits per heavy atom. The van der Waals surface area contributed by atoms with Crippen molar-refractivity contribution in [2.24, 2.45) is 0 Å². The van der Waals surface area contributed by atoms with Gasteiger partial charge in [-0.15, -0.1) is 0 Å². The highest BCUT2D eigenvalue weighted by Crippen LogP contribution is 2.39. The molecule has 0 N–H and O–H groups in total. The van der Waals surface area contributed by atoms with Crippen molar-refractivity contribution in [1.29, 1.82) is 0 Å². The number of hydrogen-bond donors (Lipinski definition) is 0. The average Bonchev–Trinajstić information content (AvgIpc) is 2.65. The van der Waals surface area contributed by atoms with Gasteiger partial charge in [0.25, 0.3) is 0 Å². The molecule has 2 aromatic rings. The van der Waals surface area contributed by atoms with E-state index in [2.05, 4.69) is 9.97 Å². The topological polar surface area (TPSA) is 73.8 Å². The van der Waals surface area contributed by atoms with Gasteiger partial charge in [-0.05, 0) is 39.3 Å². The molecule has 1 amide bonds. The summed E-state index contributed by atoms with van der Waals surface area (Å²) in [5.74, 6) is -0.403. The van der Waals surface area contributed by atoms with E-state index in [1.54, 1.807) is 20.8 Å². The summed E-state index contributed by atoms with van der Waals surface area (Å²) in [4.78, 5) is 22.2. The second-order valence-corrected chi connectivity index (χ2v) is 7.69. The van der Waals surface area contributed by atoms with Crippen LogP contribution in [0.2, 0.25) is 0 Å². The molecule has 0 fully saturated rings. The SMILES string of the molecule is COc1nc2c(c(Oc3ccccc3C(F)(F)F)n1)CCN(C(=O)OC(C)(C)C)C2. The number of carbonyl (C=O) groups excluding carboxylic acids is 1. The summed E-state index contributed by atoms with van der Waals surface area (Å²) in [5.41, 5.74) is -0.621. The molecule has 7 nitrogen and oxygen atoms in total. The minimum atomic E-state index is -4.58. The lowest BCUT2D eigenvalue weighted by Crippen LogP contribution is -2.40. The molecule has 0 saturated carbocycles. The Morgan fingerprint density at radius 2 is 1.83 bits per heavy atom. The van der Waals surface area contributed by atoms with Gasteiger partial charge in [-0.25, -0.2) is 4.79 Å². The minimum Gasteiger partial charge on any atom is -0.467 e. The van der Waals surface area contributed by atoms with Crippen LogP contribution < -0.4 is 9.47 Å². The third-order valence-electron chi connectivity index (χ3n) is 4.24. The lowest BCUT2D eigenvalue weighted by molar-refractivity contribution is -0.138. The zero-order chi connectivity index (χ0) is 22.1. The first-order valence-electron chi connectivity index (χ1n) is 9.23. The number of rotatable bonds is 3. The van der Waals surface area contributed by atoms with Gasteiger partial charge in [-0.1, -0.05) is 12.1 Å². The Balaban J connectivity index is 1.93. The molecule has 1 aromatic carbocycles. The van der Waals surface area contributed by atoms with Crippen LogP contribution in [0.3, 0.4) is 0 Å². The van der Waals surface area contributed by atoms with E-state index < -0.39 is 23.4 Å². The second-order valence-electron chi connectivity index (χ2n) is 7.69. The number of para-hydroxylation sites is 1. The number of aromatic nitrogens is 2. The largest absolute Gasteiger partial charge is 0.467 e. The molecule has 0 bridgehead atoms. The summed E-state index contributed by atoms with van der Waals surface area (Å²) < 4.78 is 56.0. The Morgan fingerprint density at radius 1 is 1.13 bits per heavy atom. The number of benzene rings is 1. The number of amides is 1. The van der Waals surface area contributed by atoms with E-state index in [-0.39, 0.29) is 30.7 Å². The van der Waals surface area contributed by atoms with E-state index in [1.807, 2.05) is 0 Å². The van der Waals surface area contributed by atoms with Crippen molar-refractivity contribution in [2.45, 2.75) is 45.5 Å². The average molecular weight is 425 g/mol. The van der Waals surface area contributed by atoms with Crippen LogP contribution in [0, 0.1) is 0 Å². The molecule has 0 spiro atoms. The molecule has 1 aliphatic heterocycles. The third kappa shape index (κ3) is 4.92. The first kappa shape index (κ1) is 21.7. The van der Waals surface area contributed by atoms with Crippen LogP contribution in [0.5, 0.6) is 17.6 Å². The fraction of sp³-hybridized carbons (Fsp3) is 0.450. The van der Waals surface area contributed by atoms with Crippen molar-refractivity contribution >= 4 is 6.09 Å². The molecule has 0 atom stereocenters. The van der Waals surface area contributed by atoms with Crippen molar-refractivity contribution < 1.29 is 32.2 Å². The van der Waals surface area contributed by atoms with Crippen molar-refractivity contribution in [3.05, 3.63) is 41.1 Å². The predicted octanol–water partition coefficient (Wildman–Crippen LogP) is 4.59. The van der Waals surface area contributed by atoms with E-state index in [1.165, 1.54) is 30.2 Å². The quantitative estimate of drug-likeness (QED) is 0.716. The van der Waals surface area contributed by atoms with Crippen LogP contribution in [0.1, 0.15) is 37.6 Å². The minimum absolute atomic E-state index is 0.0302. The predicted molar refractivity (Wildman–Crippen MR) is 100 cm³/mol. The van der Waals surface area contributed by atoms with Gasteiger partial charge in [-0.3, -0.25) is 0 Å². The van der Waals surface area contributed by atoms with E-state index in [9.17, 15) is 18.0 Å². The van der Waals surface area contributed by atoms with E-state index in [0.717, 1.165) is 6.07 Å². The van der Waals surface area contributed by atoms with Gasteiger partial charge in [0.05, 0.1) is 24.9 Å². The maximum atomic E-state index is 13.3. The van der Waals surface area contributed by atoms with Gasteiger partial charge in [0.1, 0.15) is 11.4 Å². The van der Waals surface area contributed by atoms with Gasteiger partial charge in [0, 0.05) is 12.1 Å². The van der Waals surface area contributed by atoms with Crippen molar-refractivity contribution in [1.82, 2.24) is 14.9 Å². The van der Waals surface area contributed by atoms with Gasteiger partial charge in [0.15, 0.2) is 0 Å². The molecule has 0 saturated heterocycles. The maximum Gasteiger partial charge on any atom is 0.419 e. The molecule has 0 aliphatic carbocycles. The zero-order valence-corrected chi connectivity index (χ0v) is 17.0. The highest BCUT2D eigenvalue weighted by atomic mass is 19.4. The summed E-state index contributed by atoms with van der Waals surface area (Å²) in [7, 11) is 1.34. The molecular formula is C20H22F3N3O4. The Hall–Kier alpha value is -3.04. The Kier molecular flexibility index (Phi) is 5.78. The van der Waals surface area contributed by atoms with E-state index in [4.69, 9.17) is 14.2 Å². The van der Waals surface area contributed by atoms with Gasteiger partial charge in [0.2, 0.25) is 5.88 Å². The summed E-state index contributed by atoms with van der Waals surface area (Å²) in [6.45, 7) is 5.67. The standard InChI is InChI=1S/C20H22F3N3O4/c1-19(2,3)30-18(27)26-10-9-12-14(11-26)24-17(28-4)25-16(12)29-15-8-6-5-7-13(15)20(21,22)23/h5-8H,9-11H2,1-4H3. The first-order chi connectivity index (χ1) is 14.0. The number of halogens is 3. The van der Waals surface area contributed by atoms with Crippen LogP contribution in [0.25, 0.3) is 0 Å². The highest BCUT2D eigenvalue weighted by molar-refractivity contribution is 5.68. The van der Waals surface area contributed by atoms with Crippen LogP contribution >= 0.6 is 0 Å². The molecule has 30 heavy (non-hydrogen) atoms. The normalized spacial score (nSPS) is 14.2. The molecule has 3 rings (SSSR count). The number of ether oxygens (including phenoxy) is 3. The van der Waals surface area contributed by atoms with Gasteiger partial charge < -0.3 is 19.1 Å². The molecule has 10 heteroatoms. The van der Waals surface area contributed by atoms with Crippen LogP contribution in [0.4, 0.5) is 18.0 Å². The lowest BCUT2D eigenvalue weighted by atomic mass is 10.1. The summed E-state index contributed by atoms with van der Waals surface area (Å²) in [6, 6.07) is 4.81. The molecule has 0 radical (unpaired) electrons. The number of hydrogen-bond acceptors (Lipinski definition) is 6. The Labute approximate surface area is 171 Å². The van der Waals surface area contributed by atoms with Crippen molar-refractivity contribution in [3.63, 3.8) is 0 Å². The van der Waals surface area contributed by atoms with Crippen LogP contribution in [0.15, 0.2) is 24.3 Å². The number of nitrogens with zero attached hydrogens (tertiary/aromatic N) is 3. The third-order valence-corrected chi connectivity index (χ3v) is 4.24. The van der Waals surface area contributed by atoms with Crippen molar-refractivity contribution in [3.8, 4) is 17.6 Å². The van der Waals surface area contributed by atoms with Crippen LogP contribution in [-0.2, 0) is 23.9 Å². The van der Waals surface area contributed by atoms with Crippen LogP contribution in [-0.4, -0.2) is 40.2 Å². The summed E-state index contributed by atoms with van der Waals surface area (Å²) >= 11 is 0. The van der Waals surface area contributed by atoms with E-state index in [0.29, 0.717) is 17.7 Å². The monoisotopic (exact) mass is 425 g/mol. The number of carbonyl (C=O) groups is 1. The van der Waals surface area contributed by atoms with Crippen molar-refractivity contribution in [2.75, 3.05) is 13.7 Å². The first-order valence-corrected chi connectivity index (χ1v) is 9.23.